The minimum absolute atomic E-state index is 0.0463. The Kier molecular flexibility index (Phi) is 5.69. The second-order valence-electron chi connectivity index (χ2n) is 5.15. The maximum Gasteiger partial charge on any atom is 0.254 e. The second kappa shape index (κ2) is 7.76. The van der Waals surface area contributed by atoms with Gasteiger partial charge in [-0.2, -0.15) is 0 Å². The largest absolute Gasteiger partial charge is 0.472 e. The number of likely N-dealkylation sites (tertiary alicyclic amines) is 1. The van der Waals surface area contributed by atoms with Crippen molar-refractivity contribution in [1.29, 1.82) is 0 Å². The molecule has 1 aromatic heterocycles. The van der Waals surface area contributed by atoms with E-state index in [9.17, 15) is 4.79 Å². The van der Waals surface area contributed by atoms with Crippen molar-refractivity contribution in [3.05, 3.63) is 24.2 Å². The summed E-state index contributed by atoms with van der Waals surface area (Å²) < 4.78 is 4.91. The zero-order valence-corrected chi connectivity index (χ0v) is 12.0. The molecule has 0 aliphatic carbocycles. The molecule has 4 heteroatoms. The zero-order valence-electron chi connectivity index (χ0n) is 12.0. The number of furan rings is 1. The Labute approximate surface area is 120 Å². The molecule has 0 atom stereocenters. The van der Waals surface area contributed by atoms with Crippen molar-refractivity contribution in [2.45, 2.75) is 26.2 Å². The van der Waals surface area contributed by atoms with E-state index in [-0.39, 0.29) is 5.91 Å². The summed E-state index contributed by atoms with van der Waals surface area (Å²) in [5, 5.41) is 2.98. The topological polar surface area (TPSA) is 45.5 Å². The molecule has 1 aliphatic heterocycles. The minimum Gasteiger partial charge on any atom is -0.472 e. The Morgan fingerprint density at radius 3 is 2.90 bits per heavy atom. The molecule has 0 bridgehead atoms. The van der Waals surface area contributed by atoms with Crippen LogP contribution < -0.4 is 5.32 Å². The molecule has 1 amide bonds. The molecule has 1 N–H and O–H groups in total. The predicted molar refractivity (Wildman–Crippen MR) is 78.3 cm³/mol. The number of piperidine rings is 1. The van der Waals surface area contributed by atoms with Crippen LogP contribution in [0.15, 0.2) is 23.0 Å². The lowest BCUT2D eigenvalue weighted by atomic mass is 9.97. The molecule has 0 aromatic carbocycles. The third-order valence-corrected chi connectivity index (χ3v) is 3.65. The Balaban J connectivity index is 1.66. The average Bonchev–Trinajstić information content (AvgIpc) is 3.01. The Hall–Kier alpha value is -1.73. The van der Waals surface area contributed by atoms with Crippen LogP contribution in [-0.2, 0) is 0 Å². The molecular weight excluding hydrogens is 252 g/mol. The summed E-state index contributed by atoms with van der Waals surface area (Å²) in [5.74, 6) is 6.81. The van der Waals surface area contributed by atoms with Crippen molar-refractivity contribution in [2.24, 2.45) is 5.92 Å². The molecular formula is C16H22N2O2. The van der Waals surface area contributed by atoms with Crippen LogP contribution in [0, 0.1) is 17.8 Å². The first-order valence-electron chi connectivity index (χ1n) is 7.28. The molecule has 1 aromatic rings. The van der Waals surface area contributed by atoms with Gasteiger partial charge in [-0.25, -0.2) is 0 Å². The summed E-state index contributed by atoms with van der Waals surface area (Å²) in [5.41, 5.74) is 0.595. The van der Waals surface area contributed by atoms with Gasteiger partial charge in [0.25, 0.3) is 5.91 Å². The van der Waals surface area contributed by atoms with Crippen LogP contribution in [0.3, 0.4) is 0 Å². The number of hydrogen-bond donors (Lipinski definition) is 1. The number of hydrogen-bond acceptors (Lipinski definition) is 3. The van der Waals surface area contributed by atoms with Crippen LogP contribution in [0.5, 0.6) is 0 Å². The molecule has 1 fully saturated rings. The molecule has 1 saturated heterocycles. The van der Waals surface area contributed by atoms with E-state index < -0.39 is 0 Å². The molecule has 0 unspecified atom stereocenters. The molecule has 2 heterocycles. The standard InChI is InChI=1S/C16H22N2O2/c1-2-3-4-8-18-9-5-14(6-10-18)12-17-16(19)15-7-11-20-13-15/h7,11,13-14H,2,5-6,8-10,12H2,1H3,(H,17,19). The Morgan fingerprint density at radius 1 is 1.45 bits per heavy atom. The van der Waals surface area contributed by atoms with Crippen molar-refractivity contribution in [2.75, 3.05) is 26.2 Å². The van der Waals surface area contributed by atoms with Crippen LogP contribution in [0.2, 0.25) is 0 Å². The minimum atomic E-state index is -0.0463. The van der Waals surface area contributed by atoms with Gasteiger partial charge in [-0.15, -0.1) is 5.92 Å². The van der Waals surface area contributed by atoms with Gasteiger partial charge in [0.05, 0.1) is 18.4 Å². The Morgan fingerprint density at radius 2 is 2.25 bits per heavy atom. The highest BCUT2D eigenvalue weighted by Gasteiger charge is 2.19. The number of nitrogens with one attached hydrogen (secondary N) is 1. The van der Waals surface area contributed by atoms with E-state index >= 15 is 0 Å². The van der Waals surface area contributed by atoms with Gasteiger partial charge in [-0.3, -0.25) is 9.69 Å². The molecule has 20 heavy (non-hydrogen) atoms. The monoisotopic (exact) mass is 274 g/mol. The lowest BCUT2D eigenvalue weighted by molar-refractivity contribution is 0.0937. The summed E-state index contributed by atoms with van der Waals surface area (Å²) in [6.45, 7) is 5.84. The maximum atomic E-state index is 11.8. The lowest BCUT2D eigenvalue weighted by Crippen LogP contribution is -2.38. The predicted octanol–water partition coefficient (Wildman–Crippen LogP) is 2.13. The summed E-state index contributed by atoms with van der Waals surface area (Å²) in [6, 6.07) is 1.68. The van der Waals surface area contributed by atoms with Crippen LogP contribution in [0.25, 0.3) is 0 Å². The highest BCUT2D eigenvalue weighted by atomic mass is 16.3. The number of carbonyl (C=O) groups excluding carboxylic acids is 1. The van der Waals surface area contributed by atoms with E-state index in [0.717, 1.165) is 45.4 Å². The van der Waals surface area contributed by atoms with Gasteiger partial charge in [-0.1, -0.05) is 12.8 Å². The molecule has 4 nitrogen and oxygen atoms in total. The van der Waals surface area contributed by atoms with E-state index in [1.807, 2.05) is 0 Å². The first kappa shape index (κ1) is 14.7. The fourth-order valence-corrected chi connectivity index (χ4v) is 2.37. The van der Waals surface area contributed by atoms with Crippen LogP contribution in [0.4, 0.5) is 0 Å². The zero-order chi connectivity index (χ0) is 14.2. The molecule has 108 valence electrons. The first-order valence-corrected chi connectivity index (χ1v) is 7.28. The number of carbonyl (C=O) groups is 1. The van der Waals surface area contributed by atoms with Crippen molar-refractivity contribution in [3.63, 3.8) is 0 Å². The first-order chi connectivity index (χ1) is 9.79. The number of amides is 1. The smallest absolute Gasteiger partial charge is 0.254 e. The quantitative estimate of drug-likeness (QED) is 0.856. The SMILES string of the molecule is CCC#CCN1CCC(CNC(=O)c2ccoc2)CC1. The van der Waals surface area contributed by atoms with Crippen LogP contribution in [-0.4, -0.2) is 37.0 Å². The van der Waals surface area contributed by atoms with Gasteiger partial charge < -0.3 is 9.73 Å². The fraction of sp³-hybridized carbons (Fsp3) is 0.562. The highest BCUT2D eigenvalue weighted by molar-refractivity contribution is 5.93. The van der Waals surface area contributed by atoms with Crippen LogP contribution in [0.1, 0.15) is 36.5 Å². The van der Waals surface area contributed by atoms with E-state index in [1.54, 1.807) is 6.07 Å². The third-order valence-electron chi connectivity index (χ3n) is 3.65. The van der Waals surface area contributed by atoms with Crippen molar-refractivity contribution >= 4 is 5.91 Å². The van der Waals surface area contributed by atoms with Crippen LogP contribution >= 0.6 is 0 Å². The van der Waals surface area contributed by atoms with Gasteiger partial charge in [-0.05, 0) is 37.9 Å². The third kappa shape index (κ3) is 4.43. The average molecular weight is 274 g/mol. The van der Waals surface area contributed by atoms with Gasteiger partial charge in [0.15, 0.2) is 0 Å². The van der Waals surface area contributed by atoms with Crippen molar-refractivity contribution in [1.82, 2.24) is 10.2 Å². The fourth-order valence-electron chi connectivity index (χ4n) is 2.37. The number of nitrogens with zero attached hydrogens (tertiary/aromatic N) is 1. The number of rotatable bonds is 4. The summed E-state index contributed by atoms with van der Waals surface area (Å²) >= 11 is 0. The molecule has 0 radical (unpaired) electrons. The van der Waals surface area contributed by atoms with Crippen molar-refractivity contribution in [3.8, 4) is 11.8 Å². The summed E-state index contributed by atoms with van der Waals surface area (Å²) in [7, 11) is 0. The van der Waals surface area contributed by atoms with Gasteiger partial charge >= 0.3 is 0 Å². The maximum absolute atomic E-state index is 11.8. The second-order valence-corrected chi connectivity index (χ2v) is 5.15. The van der Waals surface area contributed by atoms with Gasteiger partial charge in [0, 0.05) is 13.0 Å². The lowest BCUT2D eigenvalue weighted by Gasteiger charge is -2.30. The normalized spacial score (nSPS) is 16.4. The molecule has 0 spiro atoms. The molecule has 2 rings (SSSR count). The molecule has 1 aliphatic rings. The van der Waals surface area contributed by atoms with E-state index in [2.05, 4.69) is 29.0 Å². The van der Waals surface area contributed by atoms with E-state index in [4.69, 9.17) is 4.42 Å². The highest BCUT2D eigenvalue weighted by Crippen LogP contribution is 2.16. The summed E-state index contributed by atoms with van der Waals surface area (Å²) in [6.07, 6.45) is 6.17. The van der Waals surface area contributed by atoms with E-state index in [0.29, 0.717) is 11.5 Å². The molecule has 0 saturated carbocycles. The summed E-state index contributed by atoms with van der Waals surface area (Å²) in [4.78, 5) is 14.2. The van der Waals surface area contributed by atoms with Gasteiger partial charge in [0.2, 0.25) is 0 Å². The van der Waals surface area contributed by atoms with Crippen molar-refractivity contribution < 1.29 is 9.21 Å². The Bertz CT molecular complexity index is 462. The van der Waals surface area contributed by atoms with Gasteiger partial charge in [0.1, 0.15) is 6.26 Å². The van der Waals surface area contributed by atoms with E-state index in [1.165, 1.54) is 12.5 Å².